The van der Waals surface area contributed by atoms with Gasteiger partial charge in [-0.05, 0) is 0 Å². The predicted molar refractivity (Wildman–Crippen MR) is 106 cm³/mol. The summed E-state index contributed by atoms with van der Waals surface area (Å²) in [6, 6.07) is 10.4. The zero-order valence-electron chi connectivity index (χ0n) is 15.3. The first-order chi connectivity index (χ1) is 13.6. The van der Waals surface area contributed by atoms with Crippen LogP contribution in [0.2, 0.25) is 4.71 Å². The SMILES string of the molecule is CN1C(=O)NN=C2COc3cc(-c4ccccc4F)c([As]C4CNC4)cc3C21. The van der Waals surface area contributed by atoms with Crippen LogP contribution in [0, 0.1) is 5.82 Å². The molecule has 0 aliphatic carbocycles. The van der Waals surface area contributed by atoms with Gasteiger partial charge >= 0.3 is 169 Å². The quantitative estimate of drug-likeness (QED) is 0.713. The van der Waals surface area contributed by atoms with Crippen LogP contribution in [-0.2, 0) is 0 Å². The van der Waals surface area contributed by atoms with E-state index in [-0.39, 0.29) is 33.6 Å². The summed E-state index contributed by atoms with van der Waals surface area (Å²) in [5, 5.41) is 7.50. The van der Waals surface area contributed by atoms with Gasteiger partial charge < -0.3 is 0 Å². The molecular weight excluding hydrogens is 422 g/mol. The summed E-state index contributed by atoms with van der Waals surface area (Å²) < 4.78 is 22.3. The van der Waals surface area contributed by atoms with Gasteiger partial charge in [0.25, 0.3) is 0 Å². The van der Waals surface area contributed by atoms with Crippen molar-refractivity contribution in [1.29, 1.82) is 0 Å². The van der Waals surface area contributed by atoms with Gasteiger partial charge in [0, 0.05) is 0 Å². The van der Waals surface area contributed by atoms with E-state index in [0.29, 0.717) is 22.6 Å². The first kappa shape index (κ1) is 17.7. The van der Waals surface area contributed by atoms with Crippen molar-refractivity contribution >= 4 is 31.8 Å². The second kappa shape index (κ2) is 6.90. The Bertz CT molecular complexity index is 992. The molecule has 1 saturated heterocycles. The summed E-state index contributed by atoms with van der Waals surface area (Å²) in [5.41, 5.74) is 5.72. The number of hydrazone groups is 1. The van der Waals surface area contributed by atoms with Gasteiger partial charge in [-0.15, -0.1) is 0 Å². The zero-order valence-corrected chi connectivity index (χ0v) is 17.2. The van der Waals surface area contributed by atoms with Crippen LogP contribution in [0.1, 0.15) is 11.6 Å². The summed E-state index contributed by atoms with van der Waals surface area (Å²) >= 11 is -0.149. The van der Waals surface area contributed by atoms with E-state index in [1.807, 2.05) is 18.2 Å². The Hall–Kier alpha value is -2.37. The van der Waals surface area contributed by atoms with Crippen molar-refractivity contribution in [2.45, 2.75) is 10.7 Å². The van der Waals surface area contributed by atoms with E-state index in [4.69, 9.17) is 4.74 Å². The van der Waals surface area contributed by atoms with Crippen LogP contribution in [0.4, 0.5) is 9.18 Å². The standard InChI is InChI=1S/C20H19AsFN4O2/c1-26-19-14-6-15(21-11-8-23-9-11)13(12-4-2-3-5-16(12)22)7-18(14)28-10-17(19)24-25-20(26)27/h2-7,11,19,23H,8-10H2,1H3,(H,25,27). The number of carbonyl (C=O) groups is 1. The van der Waals surface area contributed by atoms with E-state index in [0.717, 1.165) is 34.3 Å². The van der Waals surface area contributed by atoms with Crippen LogP contribution in [0.3, 0.4) is 0 Å². The minimum atomic E-state index is -0.244. The maximum atomic E-state index is 14.6. The van der Waals surface area contributed by atoms with Gasteiger partial charge in [0.15, 0.2) is 0 Å². The topological polar surface area (TPSA) is 66.0 Å². The summed E-state index contributed by atoms with van der Waals surface area (Å²) in [6.45, 7) is 2.31. The number of urea groups is 1. The molecule has 1 fully saturated rings. The maximum absolute atomic E-state index is 14.6. The van der Waals surface area contributed by atoms with E-state index in [1.54, 1.807) is 18.0 Å². The number of benzene rings is 2. The van der Waals surface area contributed by atoms with Gasteiger partial charge in [-0.25, -0.2) is 0 Å². The zero-order chi connectivity index (χ0) is 19.3. The van der Waals surface area contributed by atoms with E-state index < -0.39 is 0 Å². The molecule has 2 N–H and O–H groups in total. The van der Waals surface area contributed by atoms with Crippen LogP contribution in [-0.4, -0.2) is 59.1 Å². The molecule has 0 saturated carbocycles. The minimum absolute atomic E-state index is 0.149. The fourth-order valence-corrected chi connectivity index (χ4v) is 6.62. The van der Waals surface area contributed by atoms with Crippen LogP contribution < -0.4 is 19.8 Å². The number of amides is 2. The summed E-state index contributed by atoms with van der Waals surface area (Å²) in [6.07, 6.45) is 0. The average Bonchev–Trinajstić information content (AvgIpc) is 2.67. The molecule has 2 amide bonds. The Kier molecular flexibility index (Phi) is 4.37. The monoisotopic (exact) mass is 441 g/mol. The first-order valence-corrected chi connectivity index (χ1v) is 11.2. The molecule has 2 aromatic carbocycles. The third kappa shape index (κ3) is 2.90. The van der Waals surface area contributed by atoms with Crippen molar-refractivity contribution < 1.29 is 13.9 Å². The number of nitrogens with zero attached hydrogens (tertiary/aromatic N) is 2. The molecule has 1 unspecified atom stereocenters. The van der Waals surface area contributed by atoms with Crippen LogP contribution >= 0.6 is 0 Å². The number of carbonyl (C=O) groups excluding carboxylic acids is 1. The summed E-state index contributed by atoms with van der Waals surface area (Å²) in [7, 11) is 1.76. The number of ether oxygens (including phenoxy) is 1. The molecule has 6 nitrogen and oxygen atoms in total. The normalized spacial score (nSPS) is 21.5. The molecule has 1 atom stereocenters. The average molecular weight is 441 g/mol. The molecule has 5 rings (SSSR count). The van der Waals surface area contributed by atoms with Gasteiger partial charge in [0.2, 0.25) is 0 Å². The summed E-state index contributed by atoms with van der Waals surface area (Å²) in [5.74, 6) is 0.462. The molecule has 8 heteroatoms. The van der Waals surface area contributed by atoms with Crippen molar-refractivity contribution in [3.05, 3.63) is 47.8 Å². The van der Waals surface area contributed by atoms with Crippen molar-refractivity contribution in [3.8, 4) is 16.9 Å². The van der Waals surface area contributed by atoms with Crippen LogP contribution in [0.15, 0.2) is 41.5 Å². The molecule has 2 aromatic rings. The Labute approximate surface area is 168 Å². The Morgan fingerprint density at radius 3 is 2.82 bits per heavy atom. The van der Waals surface area contributed by atoms with Crippen LogP contribution in [0.25, 0.3) is 11.1 Å². The molecule has 3 aliphatic rings. The van der Waals surface area contributed by atoms with E-state index in [1.165, 1.54) is 6.07 Å². The number of hydrogen-bond donors (Lipinski definition) is 2. The molecule has 143 valence electrons. The van der Waals surface area contributed by atoms with Crippen molar-refractivity contribution in [2.75, 3.05) is 26.7 Å². The molecule has 3 aliphatic heterocycles. The van der Waals surface area contributed by atoms with E-state index in [9.17, 15) is 9.18 Å². The van der Waals surface area contributed by atoms with Crippen LogP contribution in [0.5, 0.6) is 5.75 Å². The molecule has 0 spiro atoms. The Balaban J connectivity index is 1.65. The molecule has 28 heavy (non-hydrogen) atoms. The molecule has 0 bridgehead atoms. The molecule has 1 radical (unpaired) electrons. The van der Waals surface area contributed by atoms with Crippen molar-refractivity contribution in [1.82, 2.24) is 15.6 Å². The van der Waals surface area contributed by atoms with Gasteiger partial charge in [-0.3, -0.25) is 0 Å². The van der Waals surface area contributed by atoms with Gasteiger partial charge in [0.05, 0.1) is 0 Å². The molecule has 3 heterocycles. The van der Waals surface area contributed by atoms with Gasteiger partial charge in [0.1, 0.15) is 0 Å². The predicted octanol–water partition coefficient (Wildman–Crippen LogP) is 1.66. The van der Waals surface area contributed by atoms with E-state index in [2.05, 4.69) is 21.9 Å². The Morgan fingerprint density at radius 2 is 2.07 bits per heavy atom. The Morgan fingerprint density at radius 1 is 1.25 bits per heavy atom. The number of nitrogens with one attached hydrogen (secondary N) is 2. The van der Waals surface area contributed by atoms with Crippen molar-refractivity contribution in [2.24, 2.45) is 5.10 Å². The molecule has 0 aromatic heterocycles. The van der Waals surface area contributed by atoms with Crippen molar-refractivity contribution in [3.63, 3.8) is 0 Å². The molecular formula is C20H19AsFN4O2. The first-order valence-electron chi connectivity index (χ1n) is 9.18. The second-order valence-electron chi connectivity index (χ2n) is 7.15. The second-order valence-corrected chi connectivity index (χ2v) is 10.2. The number of rotatable bonds is 3. The summed E-state index contributed by atoms with van der Waals surface area (Å²) in [4.78, 5) is 13.8. The number of hydrogen-bond acceptors (Lipinski definition) is 4. The fraction of sp³-hybridized carbons (Fsp3) is 0.300. The van der Waals surface area contributed by atoms with Gasteiger partial charge in [-0.1, -0.05) is 0 Å². The van der Waals surface area contributed by atoms with Gasteiger partial charge in [-0.2, -0.15) is 0 Å². The fourth-order valence-electron chi connectivity index (χ4n) is 3.74. The number of fused-ring (bicyclic) bond motifs is 3. The third-order valence-corrected chi connectivity index (χ3v) is 8.25. The number of halogens is 1. The van der Waals surface area contributed by atoms with E-state index >= 15 is 0 Å². The third-order valence-electron chi connectivity index (χ3n) is 5.36.